The number of esters is 1. The highest BCUT2D eigenvalue weighted by atomic mass is 32.2. The molecule has 0 aliphatic rings. The van der Waals surface area contributed by atoms with Gasteiger partial charge in [0.2, 0.25) is 0 Å². The van der Waals surface area contributed by atoms with Crippen molar-refractivity contribution < 1.29 is 40.3 Å². The summed E-state index contributed by atoms with van der Waals surface area (Å²) in [5.74, 6) is -0.662. The van der Waals surface area contributed by atoms with Gasteiger partial charge in [-0.15, -0.1) is 13.2 Å². The highest BCUT2D eigenvalue weighted by Gasteiger charge is 2.31. The van der Waals surface area contributed by atoms with Crippen LogP contribution in [-0.4, -0.2) is 44.3 Å². The van der Waals surface area contributed by atoms with E-state index in [9.17, 15) is 26.4 Å². The third-order valence-electron chi connectivity index (χ3n) is 5.94. The number of aryl methyl sites for hydroxylation is 1. The molecule has 1 heterocycles. The van der Waals surface area contributed by atoms with E-state index in [1.807, 2.05) is 0 Å². The molecule has 4 rings (SSSR count). The first kappa shape index (κ1) is 31.0. The number of rotatable bonds is 10. The van der Waals surface area contributed by atoms with Gasteiger partial charge in [0.15, 0.2) is 21.5 Å². The van der Waals surface area contributed by atoms with Gasteiger partial charge in [0.1, 0.15) is 17.2 Å². The van der Waals surface area contributed by atoms with Crippen molar-refractivity contribution in [3.63, 3.8) is 0 Å². The summed E-state index contributed by atoms with van der Waals surface area (Å²) in [4.78, 5) is 16.4. The number of aromatic nitrogens is 1. The highest BCUT2D eigenvalue weighted by Crippen LogP contribution is 2.40. The molecule has 2 N–H and O–H groups in total. The second-order valence-electron chi connectivity index (χ2n) is 9.15. The number of sulfone groups is 1. The normalized spacial score (nSPS) is 11.9. The van der Waals surface area contributed by atoms with Crippen LogP contribution < -0.4 is 10.1 Å². The summed E-state index contributed by atoms with van der Waals surface area (Å²) in [5.41, 5.74) is 2.53. The van der Waals surface area contributed by atoms with Gasteiger partial charge >= 0.3 is 12.3 Å². The molecule has 0 amide bonds. The van der Waals surface area contributed by atoms with E-state index in [1.54, 1.807) is 44.2 Å². The number of carbonyl (C=O) groups is 1. The van der Waals surface area contributed by atoms with E-state index in [0.29, 0.717) is 33.6 Å². The van der Waals surface area contributed by atoms with Crippen LogP contribution in [-0.2, 0) is 19.4 Å². The molecule has 0 saturated carbocycles. The van der Waals surface area contributed by atoms with Crippen LogP contribution in [0.2, 0.25) is 0 Å². The summed E-state index contributed by atoms with van der Waals surface area (Å²) >= 11 is 0. The predicted octanol–water partition coefficient (Wildman–Crippen LogP) is 6.79. The third-order valence-corrected chi connectivity index (χ3v) is 7.05. The Morgan fingerprint density at radius 1 is 1.05 bits per heavy atom. The highest BCUT2D eigenvalue weighted by molar-refractivity contribution is 7.90. The van der Waals surface area contributed by atoms with Crippen LogP contribution >= 0.6 is 0 Å². The van der Waals surface area contributed by atoms with Crippen molar-refractivity contribution in [1.82, 2.24) is 4.98 Å². The number of anilines is 1. The van der Waals surface area contributed by atoms with Gasteiger partial charge in [-0.3, -0.25) is 5.41 Å². The van der Waals surface area contributed by atoms with Gasteiger partial charge in [0, 0.05) is 36.2 Å². The Labute approximate surface area is 245 Å². The van der Waals surface area contributed by atoms with Crippen LogP contribution in [0.4, 0.5) is 18.9 Å². The summed E-state index contributed by atoms with van der Waals surface area (Å²) in [7, 11) is -3.48. The van der Waals surface area contributed by atoms with Crippen molar-refractivity contribution >= 4 is 27.2 Å². The zero-order chi connectivity index (χ0) is 31.4. The molecule has 0 aliphatic heterocycles. The van der Waals surface area contributed by atoms with Gasteiger partial charge in [0.05, 0.1) is 11.5 Å². The van der Waals surface area contributed by atoms with Crippen molar-refractivity contribution in [3.05, 3.63) is 84.9 Å². The number of alkyl halides is 3. The van der Waals surface area contributed by atoms with E-state index in [4.69, 9.17) is 14.6 Å². The van der Waals surface area contributed by atoms with Crippen LogP contribution in [0.1, 0.15) is 12.8 Å². The smallest absolute Gasteiger partial charge is 0.461 e. The Bertz CT molecular complexity index is 1800. The Morgan fingerprint density at radius 2 is 1.72 bits per heavy atom. The molecule has 1 aromatic heterocycles. The van der Waals surface area contributed by atoms with Gasteiger partial charge < -0.3 is 19.2 Å². The number of hydrogen-bond donors (Lipinski definition) is 2. The Balaban J connectivity index is 1.81. The Hall–Kier alpha value is -4.91. The fourth-order valence-electron chi connectivity index (χ4n) is 4.06. The molecule has 13 heteroatoms. The molecule has 0 atom stereocenters. The van der Waals surface area contributed by atoms with Gasteiger partial charge in [0.25, 0.3) is 0 Å². The molecular weight excluding hydrogens is 587 g/mol. The molecule has 4 aromatic rings. The monoisotopic (exact) mass is 613 g/mol. The minimum atomic E-state index is -4.84. The number of ether oxygens (including phenoxy) is 2. The van der Waals surface area contributed by atoms with Crippen molar-refractivity contribution in [1.29, 1.82) is 5.41 Å². The second-order valence-corrected chi connectivity index (χ2v) is 11.2. The van der Waals surface area contributed by atoms with Crippen molar-refractivity contribution in [2.24, 2.45) is 0 Å². The maximum Gasteiger partial charge on any atom is 0.573 e. The number of halogens is 3. The molecule has 224 valence electrons. The predicted molar refractivity (Wildman–Crippen MR) is 154 cm³/mol. The fourth-order valence-corrected chi connectivity index (χ4v) is 4.72. The van der Waals surface area contributed by atoms with E-state index in [1.165, 1.54) is 36.5 Å². The summed E-state index contributed by atoms with van der Waals surface area (Å²) in [6.45, 7) is 3.35. The van der Waals surface area contributed by atoms with Crippen molar-refractivity contribution in [2.45, 2.75) is 25.1 Å². The maximum absolute atomic E-state index is 12.7. The number of benzene rings is 3. The lowest BCUT2D eigenvalue weighted by Crippen LogP contribution is -2.16. The lowest BCUT2D eigenvalue weighted by atomic mass is 9.98. The summed E-state index contributed by atoms with van der Waals surface area (Å²) in [5, 5.41) is 10.9. The number of hydrogen-bond acceptors (Lipinski definition) is 9. The molecule has 0 bridgehead atoms. The largest absolute Gasteiger partial charge is 0.573 e. The first-order valence-electron chi connectivity index (χ1n) is 12.7. The number of nitrogens with one attached hydrogen (secondary N) is 2. The lowest BCUT2D eigenvalue weighted by Gasteiger charge is -2.13. The van der Waals surface area contributed by atoms with Crippen LogP contribution in [0.5, 0.6) is 5.75 Å². The summed E-state index contributed by atoms with van der Waals surface area (Å²) < 4.78 is 77.1. The first-order chi connectivity index (χ1) is 20.2. The lowest BCUT2D eigenvalue weighted by molar-refractivity contribution is -0.274. The maximum atomic E-state index is 12.7. The standard InChI is InChI=1S/C30H26F3N3O6S/c1-4-40-29(37)25(34)14-15-35-26-13-10-21(20-6-5-7-23(16-20)43(3,38)39)17-24(26)28-27(36-18(2)41-28)19-8-11-22(12-9-19)42-30(31,32)33/h5-17,34-35H,4H2,1-3H3/b15-14-,34-25?. The fraction of sp³-hybridized carbons (Fsp3) is 0.167. The van der Waals surface area contributed by atoms with Crippen LogP contribution in [0.25, 0.3) is 33.7 Å². The van der Waals surface area contributed by atoms with Crippen LogP contribution in [0.3, 0.4) is 0 Å². The minimum absolute atomic E-state index is 0.117. The summed E-state index contributed by atoms with van der Waals surface area (Å²) in [6.07, 6.45) is -1.14. The molecule has 0 aliphatic carbocycles. The zero-order valence-electron chi connectivity index (χ0n) is 23.2. The molecule has 9 nitrogen and oxygen atoms in total. The zero-order valence-corrected chi connectivity index (χ0v) is 24.0. The number of oxazole rings is 1. The van der Waals surface area contributed by atoms with Gasteiger partial charge in [-0.05, 0) is 72.7 Å². The second kappa shape index (κ2) is 12.5. The molecular formula is C30H26F3N3O6S. The third kappa shape index (κ3) is 7.89. The molecule has 0 saturated heterocycles. The van der Waals surface area contributed by atoms with E-state index in [-0.39, 0.29) is 28.9 Å². The molecule has 0 unspecified atom stereocenters. The number of nitrogens with zero attached hydrogens (tertiary/aromatic N) is 1. The van der Waals surface area contributed by atoms with Crippen molar-refractivity contribution in [3.8, 4) is 39.5 Å². The van der Waals surface area contributed by atoms with E-state index < -0.39 is 27.9 Å². The SMILES string of the molecule is CCOC(=O)C(=N)/C=C\Nc1ccc(-c2cccc(S(C)(=O)=O)c2)cc1-c1oc(C)nc1-c1ccc(OC(F)(F)F)cc1. The van der Waals surface area contributed by atoms with Crippen LogP contribution in [0.15, 0.2) is 88.3 Å². The quantitative estimate of drug-likeness (QED) is 0.148. The van der Waals surface area contributed by atoms with Crippen molar-refractivity contribution in [2.75, 3.05) is 18.2 Å². The van der Waals surface area contributed by atoms with Gasteiger partial charge in [-0.2, -0.15) is 0 Å². The molecule has 43 heavy (non-hydrogen) atoms. The van der Waals surface area contributed by atoms with E-state index >= 15 is 0 Å². The van der Waals surface area contributed by atoms with Gasteiger partial charge in [-0.25, -0.2) is 18.2 Å². The average Bonchev–Trinajstić information content (AvgIpc) is 3.33. The molecule has 3 aromatic carbocycles. The Morgan fingerprint density at radius 3 is 2.37 bits per heavy atom. The molecule has 0 fully saturated rings. The average molecular weight is 614 g/mol. The number of carbonyl (C=O) groups excluding carboxylic acids is 1. The first-order valence-corrected chi connectivity index (χ1v) is 14.6. The topological polar surface area (TPSA) is 132 Å². The van der Waals surface area contributed by atoms with Gasteiger partial charge in [-0.1, -0.05) is 18.2 Å². The van der Waals surface area contributed by atoms with E-state index in [2.05, 4.69) is 15.0 Å². The minimum Gasteiger partial charge on any atom is -0.461 e. The Kier molecular flexibility index (Phi) is 9.04. The molecule has 0 spiro atoms. The van der Waals surface area contributed by atoms with E-state index in [0.717, 1.165) is 18.4 Å². The molecule has 0 radical (unpaired) electrons. The van der Waals surface area contributed by atoms with Crippen LogP contribution in [0, 0.1) is 12.3 Å². The summed E-state index contributed by atoms with van der Waals surface area (Å²) in [6, 6.07) is 16.7.